The second-order valence-electron chi connectivity index (χ2n) is 3.85. The summed E-state index contributed by atoms with van der Waals surface area (Å²) >= 11 is 4.56. The number of rotatable bonds is 5. The quantitative estimate of drug-likeness (QED) is 0.631. The molecule has 1 atom stereocenters. The first-order valence-corrected chi connectivity index (χ1v) is 6.92. The topological polar surface area (TPSA) is 75.4 Å². The second-order valence-corrected chi connectivity index (χ2v) is 6.18. The van der Waals surface area contributed by atoms with Crippen molar-refractivity contribution >= 4 is 27.2 Å². The summed E-state index contributed by atoms with van der Waals surface area (Å²) in [6, 6.07) is 0.297. The Labute approximate surface area is 96.1 Å². The minimum absolute atomic E-state index is 0.00211. The molecule has 1 saturated heterocycles. The molecule has 0 aromatic rings. The number of nitrogens with two attached hydrogens (primary N) is 1. The van der Waals surface area contributed by atoms with E-state index in [-0.39, 0.29) is 10.7 Å². The Hall–Kier alpha value is -0.240. The van der Waals surface area contributed by atoms with Gasteiger partial charge in [0.25, 0.3) is 0 Å². The van der Waals surface area contributed by atoms with Gasteiger partial charge in [-0.15, -0.1) is 0 Å². The Kier molecular flexibility index (Phi) is 4.45. The van der Waals surface area contributed by atoms with E-state index in [2.05, 4.69) is 21.8 Å². The summed E-state index contributed by atoms with van der Waals surface area (Å²) in [6.07, 6.45) is 2.16. The van der Waals surface area contributed by atoms with Gasteiger partial charge in [-0.25, -0.2) is 13.1 Å². The molecule has 0 radical (unpaired) electrons. The molecule has 0 aromatic carbocycles. The lowest BCUT2D eigenvalue weighted by molar-refractivity contribution is 0.311. The fourth-order valence-corrected chi connectivity index (χ4v) is 3.09. The van der Waals surface area contributed by atoms with E-state index in [1.54, 1.807) is 0 Å². The molecule has 1 fully saturated rings. The molecule has 3 N–H and O–H groups in total. The van der Waals surface area contributed by atoms with Gasteiger partial charge in [-0.2, -0.15) is 0 Å². The van der Waals surface area contributed by atoms with Gasteiger partial charge < -0.3 is 10.6 Å². The van der Waals surface area contributed by atoms with Crippen molar-refractivity contribution in [2.75, 3.05) is 25.9 Å². The summed E-state index contributed by atoms with van der Waals surface area (Å²) in [6.45, 7) is 1.48. The van der Waals surface area contributed by atoms with Crippen LogP contribution in [0.3, 0.4) is 0 Å². The standard InChI is InChI=1S/C8H17N3O2S2/c1-11-4-2-3-7(11)5-10-15(12,13)6-8(9)14/h7,10H,2-6H2,1H3,(H2,9,14). The van der Waals surface area contributed by atoms with Gasteiger partial charge in [-0.1, -0.05) is 12.2 Å². The van der Waals surface area contributed by atoms with Crippen LogP contribution in [0.5, 0.6) is 0 Å². The van der Waals surface area contributed by atoms with Crippen LogP contribution in [0.25, 0.3) is 0 Å². The molecule has 0 spiro atoms. The number of hydrogen-bond acceptors (Lipinski definition) is 4. The SMILES string of the molecule is CN1CCCC1CNS(=O)(=O)CC(N)=S. The normalized spacial score (nSPS) is 23.1. The predicted molar refractivity (Wildman–Crippen MR) is 64.2 cm³/mol. The van der Waals surface area contributed by atoms with Crippen LogP contribution in [0.4, 0.5) is 0 Å². The first-order chi connectivity index (χ1) is 6.91. The summed E-state index contributed by atoms with van der Waals surface area (Å²) in [7, 11) is -1.34. The number of nitrogens with zero attached hydrogens (tertiary/aromatic N) is 1. The molecule has 0 aromatic heterocycles. The number of hydrogen-bond donors (Lipinski definition) is 2. The Morgan fingerprint density at radius 2 is 2.33 bits per heavy atom. The van der Waals surface area contributed by atoms with E-state index in [0.717, 1.165) is 19.4 Å². The fraction of sp³-hybridized carbons (Fsp3) is 0.875. The highest BCUT2D eigenvalue weighted by Crippen LogP contribution is 2.13. The van der Waals surface area contributed by atoms with E-state index in [9.17, 15) is 8.42 Å². The number of thiocarbonyl (C=S) groups is 1. The van der Waals surface area contributed by atoms with Crippen LogP contribution in [-0.2, 0) is 10.0 Å². The maximum absolute atomic E-state index is 11.4. The van der Waals surface area contributed by atoms with Crippen molar-refractivity contribution in [3.63, 3.8) is 0 Å². The van der Waals surface area contributed by atoms with E-state index in [1.165, 1.54) is 0 Å². The van der Waals surface area contributed by atoms with E-state index in [4.69, 9.17) is 5.73 Å². The molecule has 88 valence electrons. The summed E-state index contributed by atoms with van der Waals surface area (Å²) in [4.78, 5) is 2.16. The molecule has 1 rings (SSSR count). The van der Waals surface area contributed by atoms with Gasteiger partial charge >= 0.3 is 0 Å². The third-order valence-electron chi connectivity index (χ3n) is 2.54. The lowest BCUT2D eigenvalue weighted by Gasteiger charge is -2.19. The zero-order chi connectivity index (χ0) is 11.5. The van der Waals surface area contributed by atoms with Gasteiger partial charge in [-0.05, 0) is 26.4 Å². The molecule has 0 saturated carbocycles. The molecular weight excluding hydrogens is 234 g/mol. The maximum Gasteiger partial charge on any atom is 0.218 e. The Morgan fingerprint density at radius 1 is 1.67 bits per heavy atom. The Morgan fingerprint density at radius 3 is 2.80 bits per heavy atom. The van der Waals surface area contributed by atoms with Crippen molar-refractivity contribution in [1.82, 2.24) is 9.62 Å². The zero-order valence-corrected chi connectivity index (χ0v) is 10.4. The van der Waals surface area contributed by atoms with Gasteiger partial charge in [0.15, 0.2) is 0 Å². The molecule has 1 heterocycles. The van der Waals surface area contributed by atoms with Gasteiger partial charge in [-0.3, -0.25) is 0 Å². The van der Waals surface area contributed by atoms with Gasteiger partial charge in [0.2, 0.25) is 10.0 Å². The summed E-state index contributed by atoms with van der Waals surface area (Å²) in [5.41, 5.74) is 5.19. The minimum Gasteiger partial charge on any atom is -0.392 e. The second kappa shape index (κ2) is 5.20. The average Bonchev–Trinajstić information content (AvgIpc) is 2.45. The highest BCUT2D eigenvalue weighted by molar-refractivity contribution is 7.92. The van der Waals surface area contributed by atoms with E-state index < -0.39 is 10.0 Å². The third kappa shape index (κ3) is 4.42. The lowest BCUT2D eigenvalue weighted by Crippen LogP contribution is -2.40. The molecule has 0 aliphatic carbocycles. The van der Waals surface area contributed by atoms with Crippen molar-refractivity contribution in [2.24, 2.45) is 5.73 Å². The highest BCUT2D eigenvalue weighted by atomic mass is 32.2. The molecule has 0 bridgehead atoms. The first kappa shape index (κ1) is 12.8. The van der Waals surface area contributed by atoms with Crippen LogP contribution in [0.15, 0.2) is 0 Å². The number of likely N-dealkylation sites (N-methyl/N-ethyl adjacent to an activating group) is 1. The van der Waals surface area contributed by atoms with E-state index in [0.29, 0.717) is 12.6 Å². The first-order valence-electron chi connectivity index (χ1n) is 4.86. The minimum atomic E-state index is -3.33. The predicted octanol–water partition coefficient (Wildman–Crippen LogP) is -0.714. The molecular formula is C8H17N3O2S2. The van der Waals surface area contributed by atoms with E-state index >= 15 is 0 Å². The maximum atomic E-state index is 11.4. The summed E-state index contributed by atoms with van der Waals surface area (Å²) in [5, 5.41) is 0. The Balaban J connectivity index is 2.39. The van der Waals surface area contributed by atoms with Crippen LogP contribution < -0.4 is 10.5 Å². The molecule has 0 amide bonds. The largest absolute Gasteiger partial charge is 0.392 e. The molecule has 1 unspecified atom stereocenters. The molecule has 7 heteroatoms. The molecule has 1 aliphatic rings. The van der Waals surface area contributed by atoms with Crippen LogP contribution >= 0.6 is 12.2 Å². The number of nitrogens with one attached hydrogen (secondary N) is 1. The molecule has 1 aliphatic heterocycles. The van der Waals surface area contributed by atoms with Crippen molar-refractivity contribution < 1.29 is 8.42 Å². The molecule has 15 heavy (non-hydrogen) atoms. The van der Waals surface area contributed by atoms with Gasteiger partial charge in [0.1, 0.15) is 5.75 Å². The molecule has 5 nitrogen and oxygen atoms in total. The number of sulfonamides is 1. The van der Waals surface area contributed by atoms with E-state index in [1.807, 2.05) is 7.05 Å². The van der Waals surface area contributed by atoms with Crippen molar-refractivity contribution in [2.45, 2.75) is 18.9 Å². The fourth-order valence-electron chi connectivity index (χ4n) is 1.70. The highest BCUT2D eigenvalue weighted by Gasteiger charge is 2.22. The lowest BCUT2D eigenvalue weighted by atomic mass is 10.2. The van der Waals surface area contributed by atoms with Crippen molar-refractivity contribution in [3.8, 4) is 0 Å². The van der Waals surface area contributed by atoms with Crippen LogP contribution in [-0.4, -0.2) is 50.2 Å². The average molecular weight is 251 g/mol. The van der Waals surface area contributed by atoms with Crippen molar-refractivity contribution in [3.05, 3.63) is 0 Å². The third-order valence-corrected chi connectivity index (χ3v) is 4.17. The van der Waals surface area contributed by atoms with Gasteiger partial charge in [0, 0.05) is 12.6 Å². The van der Waals surface area contributed by atoms with Crippen molar-refractivity contribution in [1.29, 1.82) is 0 Å². The zero-order valence-electron chi connectivity index (χ0n) is 8.77. The Bertz CT molecular complexity index is 329. The van der Waals surface area contributed by atoms with Crippen LogP contribution in [0, 0.1) is 0 Å². The monoisotopic (exact) mass is 251 g/mol. The summed E-state index contributed by atoms with van der Waals surface area (Å²) < 4.78 is 25.3. The van der Waals surface area contributed by atoms with Crippen LogP contribution in [0.2, 0.25) is 0 Å². The number of likely N-dealkylation sites (tertiary alicyclic amines) is 1. The van der Waals surface area contributed by atoms with Gasteiger partial charge in [0.05, 0.1) is 4.99 Å². The summed E-state index contributed by atoms with van der Waals surface area (Å²) in [5.74, 6) is -0.265. The van der Waals surface area contributed by atoms with Crippen LogP contribution in [0.1, 0.15) is 12.8 Å². The smallest absolute Gasteiger partial charge is 0.218 e.